The van der Waals surface area contributed by atoms with Crippen LogP contribution in [-0.2, 0) is 0 Å². The van der Waals surface area contributed by atoms with Gasteiger partial charge in [-0.25, -0.2) is 0 Å². The van der Waals surface area contributed by atoms with E-state index in [9.17, 15) is 4.79 Å². The first kappa shape index (κ1) is 9.02. The smallest absolute Gasteiger partial charge is 0.150 e. The molecule has 0 bridgehead atoms. The molecule has 0 amide bonds. The number of benzene rings is 1. The molecule has 14 heavy (non-hydrogen) atoms. The summed E-state index contributed by atoms with van der Waals surface area (Å²) in [4.78, 5) is 10.4. The van der Waals surface area contributed by atoms with Crippen molar-refractivity contribution in [1.29, 1.82) is 0 Å². The molecule has 0 aliphatic heterocycles. The molecule has 1 aromatic carbocycles. The van der Waals surface area contributed by atoms with E-state index < -0.39 is 0 Å². The van der Waals surface area contributed by atoms with Crippen LogP contribution in [0.3, 0.4) is 0 Å². The predicted octanol–water partition coefficient (Wildman–Crippen LogP) is 2.33. The van der Waals surface area contributed by atoms with E-state index in [1.807, 2.05) is 19.1 Å². The Kier molecular flexibility index (Phi) is 2.37. The maximum absolute atomic E-state index is 10.4. The van der Waals surface area contributed by atoms with Crippen molar-refractivity contribution in [2.24, 2.45) is 0 Å². The molecule has 0 fully saturated rings. The molecular weight excluding hydrogens is 196 g/mol. The molecule has 0 unspecified atom stereocenters. The molecular formula is C10H8N2OS. The normalized spacial score (nSPS) is 10.1. The summed E-state index contributed by atoms with van der Waals surface area (Å²) < 4.78 is 8.28. The van der Waals surface area contributed by atoms with Gasteiger partial charge in [-0.15, -0.1) is 0 Å². The van der Waals surface area contributed by atoms with E-state index in [0.717, 1.165) is 23.2 Å². The highest BCUT2D eigenvalue weighted by Crippen LogP contribution is 2.20. The van der Waals surface area contributed by atoms with Crippen molar-refractivity contribution in [1.82, 2.24) is 8.75 Å². The summed E-state index contributed by atoms with van der Waals surface area (Å²) in [6.45, 7) is 1.92. The van der Waals surface area contributed by atoms with Crippen LogP contribution in [0.15, 0.2) is 24.3 Å². The van der Waals surface area contributed by atoms with Crippen molar-refractivity contribution in [3.63, 3.8) is 0 Å². The van der Waals surface area contributed by atoms with E-state index in [1.54, 1.807) is 12.1 Å². The maximum atomic E-state index is 10.4. The van der Waals surface area contributed by atoms with E-state index in [2.05, 4.69) is 8.75 Å². The van der Waals surface area contributed by atoms with E-state index in [1.165, 1.54) is 11.7 Å². The van der Waals surface area contributed by atoms with Gasteiger partial charge in [0.1, 0.15) is 12.0 Å². The van der Waals surface area contributed by atoms with Crippen LogP contribution in [0.5, 0.6) is 0 Å². The molecule has 0 spiro atoms. The van der Waals surface area contributed by atoms with Crippen molar-refractivity contribution in [2.45, 2.75) is 6.92 Å². The topological polar surface area (TPSA) is 42.9 Å². The zero-order valence-electron chi connectivity index (χ0n) is 7.60. The number of aryl methyl sites for hydroxylation is 1. The van der Waals surface area contributed by atoms with Crippen LogP contribution in [0.1, 0.15) is 16.1 Å². The van der Waals surface area contributed by atoms with Crippen LogP contribution in [-0.4, -0.2) is 15.0 Å². The van der Waals surface area contributed by atoms with Gasteiger partial charge in [0.05, 0.1) is 17.4 Å². The molecule has 4 heteroatoms. The van der Waals surface area contributed by atoms with Gasteiger partial charge < -0.3 is 0 Å². The number of aromatic nitrogens is 2. The minimum Gasteiger partial charge on any atom is -0.298 e. The Hall–Kier alpha value is -1.55. The molecule has 0 aliphatic carbocycles. The lowest BCUT2D eigenvalue weighted by Crippen LogP contribution is -1.83. The van der Waals surface area contributed by atoms with Gasteiger partial charge in [0, 0.05) is 11.1 Å². The first-order valence-electron chi connectivity index (χ1n) is 4.16. The highest BCUT2D eigenvalue weighted by molar-refractivity contribution is 6.99. The molecule has 2 aromatic rings. The summed E-state index contributed by atoms with van der Waals surface area (Å²) in [5, 5.41) is 0. The molecule has 0 N–H and O–H groups in total. The fourth-order valence-corrected chi connectivity index (χ4v) is 1.78. The molecule has 0 saturated heterocycles. The fourth-order valence-electron chi connectivity index (χ4n) is 1.21. The largest absolute Gasteiger partial charge is 0.298 e. The Labute approximate surface area is 85.7 Å². The number of hydrogen-bond acceptors (Lipinski definition) is 4. The molecule has 1 aromatic heterocycles. The van der Waals surface area contributed by atoms with Gasteiger partial charge in [0.15, 0.2) is 0 Å². The minimum absolute atomic E-state index is 0.676. The van der Waals surface area contributed by atoms with Crippen LogP contribution < -0.4 is 0 Å². The van der Waals surface area contributed by atoms with Gasteiger partial charge in [-0.2, -0.15) is 8.75 Å². The van der Waals surface area contributed by atoms with Gasteiger partial charge in [-0.05, 0) is 6.92 Å². The molecule has 2 rings (SSSR count). The Bertz CT molecular complexity index is 447. The summed E-state index contributed by atoms with van der Waals surface area (Å²) in [6, 6.07) is 7.32. The number of rotatable bonds is 2. The third kappa shape index (κ3) is 1.56. The number of carbonyl (C=O) groups excluding carboxylic acids is 1. The Morgan fingerprint density at radius 1 is 1.21 bits per heavy atom. The first-order chi connectivity index (χ1) is 6.81. The zero-order valence-corrected chi connectivity index (χ0v) is 8.41. The fraction of sp³-hybridized carbons (Fsp3) is 0.100. The van der Waals surface area contributed by atoms with Crippen LogP contribution in [0.25, 0.3) is 11.3 Å². The average molecular weight is 204 g/mol. The summed E-state index contributed by atoms with van der Waals surface area (Å²) in [6.07, 6.45) is 0.829. The third-order valence-electron chi connectivity index (χ3n) is 1.97. The quantitative estimate of drug-likeness (QED) is 0.705. The predicted molar refractivity (Wildman–Crippen MR) is 55.5 cm³/mol. The molecule has 3 nitrogen and oxygen atoms in total. The molecule has 0 aliphatic rings. The van der Waals surface area contributed by atoms with Crippen LogP contribution in [0.2, 0.25) is 0 Å². The second-order valence-electron chi connectivity index (χ2n) is 2.94. The summed E-state index contributed by atoms with van der Waals surface area (Å²) in [5.41, 5.74) is 3.50. The van der Waals surface area contributed by atoms with Crippen molar-refractivity contribution in [2.75, 3.05) is 0 Å². The van der Waals surface area contributed by atoms with Crippen LogP contribution in [0, 0.1) is 6.92 Å². The first-order valence-corrected chi connectivity index (χ1v) is 4.89. The highest BCUT2D eigenvalue weighted by atomic mass is 32.1. The lowest BCUT2D eigenvalue weighted by molar-refractivity contribution is 0.112. The molecule has 70 valence electrons. The van der Waals surface area contributed by atoms with E-state index in [0.29, 0.717) is 5.56 Å². The molecule has 0 radical (unpaired) electrons. The lowest BCUT2D eigenvalue weighted by atomic mass is 10.1. The number of hydrogen-bond donors (Lipinski definition) is 0. The standard InChI is InChI=1S/C10H8N2OS/c1-7-10(12-14-11-7)9-4-2-8(6-13)3-5-9/h2-6H,1H3. The summed E-state index contributed by atoms with van der Waals surface area (Å²) in [5.74, 6) is 0. The number of aldehydes is 1. The summed E-state index contributed by atoms with van der Waals surface area (Å²) in [7, 11) is 0. The van der Waals surface area contributed by atoms with Crippen molar-refractivity contribution in [3.05, 3.63) is 35.5 Å². The molecule has 0 saturated carbocycles. The number of carbonyl (C=O) groups is 1. The monoisotopic (exact) mass is 204 g/mol. The lowest BCUT2D eigenvalue weighted by Gasteiger charge is -1.97. The van der Waals surface area contributed by atoms with Gasteiger partial charge in [0.2, 0.25) is 0 Å². The summed E-state index contributed by atoms with van der Waals surface area (Å²) >= 11 is 1.20. The van der Waals surface area contributed by atoms with Gasteiger partial charge in [-0.3, -0.25) is 4.79 Å². The van der Waals surface area contributed by atoms with E-state index in [-0.39, 0.29) is 0 Å². The van der Waals surface area contributed by atoms with E-state index in [4.69, 9.17) is 0 Å². The zero-order chi connectivity index (χ0) is 9.97. The van der Waals surface area contributed by atoms with Crippen LogP contribution in [0.4, 0.5) is 0 Å². The van der Waals surface area contributed by atoms with Crippen LogP contribution >= 0.6 is 11.7 Å². The van der Waals surface area contributed by atoms with Gasteiger partial charge in [0.25, 0.3) is 0 Å². The second kappa shape index (κ2) is 3.67. The van der Waals surface area contributed by atoms with Crippen molar-refractivity contribution >= 4 is 18.0 Å². The Balaban J connectivity index is 2.43. The Morgan fingerprint density at radius 3 is 2.43 bits per heavy atom. The number of nitrogens with zero attached hydrogens (tertiary/aromatic N) is 2. The van der Waals surface area contributed by atoms with E-state index >= 15 is 0 Å². The second-order valence-corrected chi connectivity index (χ2v) is 3.47. The van der Waals surface area contributed by atoms with Gasteiger partial charge >= 0.3 is 0 Å². The minimum atomic E-state index is 0.676. The third-order valence-corrected chi connectivity index (χ3v) is 2.59. The SMILES string of the molecule is Cc1nsnc1-c1ccc(C=O)cc1. The van der Waals surface area contributed by atoms with Crippen molar-refractivity contribution < 1.29 is 4.79 Å². The average Bonchev–Trinajstić information content (AvgIpc) is 2.65. The molecule has 1 heterocycles. The van der Waals surface area contributed by atoms with Crippen molar-refractivity contribution in [3.8, 4) is 11.3 Å². The molecule has 0 atom stereocenters. The highest BCUT2D eigenvalue weighted by Gasteiger charge is 2.05. The maximum Gasteiger partial charge on any atom is 0.150 e. The Morgan fingerprint density at radius 2 is 1.93 bits per heavy atom. The van der Waals surface area contributed by atoms with Gasteiger partial charge in [-0.1, -0.05) is 24.3 Å².